The van der Waals surface area contributed by atoms with Gasteiger partial charge in [-0.1, -0.05) is 72.9 Å². The standard InChI is InChI=1S/C21H19NO3S/c23-19(12-11-17-18(26)13-14-22-21(17)24)25-20(15-7-3-1-4-8-15)16-9-5-2-6-10-16/h1-10,13-14,17,20H,11-12H2,(H,22,24). The first kappa shape index (κ1) is 18.0. The van der Waals surface area contributed by atoms with Crippen LogP contribution in [0.3, 0.4) is 0 Å². The van der Waals surface area contributed by atoms with Crippen LogP contribution in [0.4, 0.5) is 0 Å². The smallest absolute Gasteiger partial charge is 0.306 e. The van der Waals surface area contributed by atoms with Gasteiger partial charge in [0, 0.05) is 17.5 Å². The first-order valence-electron chi connectivity index (χ1n) is 8.45. The summed E-state index contributed by atoms with van der Waals surface area (Å²) in [6.07, 6.45) is 3.20. The number of hydrogen-bond acceptors (Lipinski definition) is 4. The lowest BCUT2D eigenvalue weighted by Gasteiger charge is -2.21. The van der Waals surface area contributed by atoms with E-state index < -0.39 is 12.0 Å². The third-order valence-corrected chi connectivity index (χ3v) is 4.64. The van der Waals surface area contributed by atoms with Crippen LogP contribution in [0.2, 0.25) is 0 Å². The molecule has 1 aliphatic rings. The predicted octanol–water partition coefficient (Wildman–Crippen LogP) is 3.73. The van der Waals surface area contributed by atoms with Crippen molar-refractivity contribution in [3.05, 3.63) is 84.1 Å². The Morgan fingerprint density at radius 2 is 1.62 bits per heavy atom. The molecule has 0 saturated carbocycles. The number of carbonyl (C=O) groups excluding carboxylic acids is 2. The van der Waals surface area contributed by atoms with Crippen LogP contribution >= 0.6 is 12.2 Å². The van der Waals surface area contributed by atoms with Crippen molar-refractivity contribution >= 4 is 29.0 Å². The molecule has 2 aromatic rings. The van der Waals surface area contributed by atoms with Crippen LogP contribution in [0.25, 0.3) is 0 Å². The van der Waals surface area contributed by atoms with Crippen molar-refractivity contribution in [1.82, 2.24) is 5.32 Å². The quantitative estimate of drug-likeness (QED) is 0.626. The van der Waals surface area contributed by atoms with Gasteiger partial charge >= 0.3 is 5.97 Å². The monoisotopic (exact) mass is 365 g/mol. The van der Waals surface area contributed by atoms with Crippen LogP contribution in [-0.2, 0) is 14.3 Å². The van der Waals surface area contributed by atoms with E-state index in [1.54, 1.807) is 6.08 Å². The van der Waals surface area contributed by atoms with Gasteiger partial charge in [0.05, 0.1) is 5.92 Å². The average Bonchev–Trinajstić information content (AvgIpc) is 2.67. The molecule has 0 saturated heterocycles. The van der Waals surface area contributed by atoms with Crippen LogP contribution < -0.4 is 5.32 Å². The highest BCUT2D eigenvalue weighted by Gasteiger charge is 2.26. The van der Waals surface area contributed by atoms with E-state index in [9.17, 15) is 9.59 Å². The second-order valence-electron chi connectivity index (χ2n) is 6.03. The number of allylic oxidation sites excluding steroid dienone is 1. The fourth-order valence-electron chi connectivity index (χ4n) is 2.86. The molecule has 2 aromatic carbocycles. The second kappa shape index (κ2) is 8.54. The Labute approximate surface area is 157 Å². The molecule has 1 heterocycles. The van der Waals surface area contributed by atoms with Crippen LogP contribution in [0.5, 0.6) is 0 Å². The van der Waals surface area contributed by atoms with Crippen molar-refractivity contribution in [2.45, 2.75) is 18.9 Å². The lowest BCUT2D eigenvalue weighted by molar-refractivity contribution is -0.147. The summed E-state index contributed by atoms with van der Waals surface area (Å²) in [6, 6.07) is 19.2. The number of esters is 1. The maximum Gasteiger partial charge on any atom is 0.306 e. The molecule has 1 atom stereocenters. The van der Waals surface area contributed by atoms with E-state index in [-0.39, 0.29) is 18.3 Å². The number of amides is 1. The van der Waals surface area contributed by atoms with Gasteiger partial charge in [-0.05, 0) is 23.6 Å². The molecule has 0 aliphatic carbocycles. The van der Waals surface area contributed by atoms with E-state index >= 15 is 0 Å². The van der Waals surface area contributed by atoms with E-state index in [0.717, 1.165) is 11.1 Å². The van der Waals surface area contributed by atoms with Gasteiger partial charge in [-0.25, -0.2) is 0 Å². The highest BCUT2D eigenvalue weighted by atomic mass is 32.1. The van der Waals surface area contributed by atoms with Crippen molar-refractivity contribution in [3.8, 4) is 0 Å². The lowest BCUT2D eigenvalue weighted by Crippen LogP contribution is -2.35. The van der Waals surface area contributed by atoms with Crippen molar-refractivity contribution in [3.63, 3.8) is 0 Å². The molecule has 4 nitrogen and oxygen atoms in total. The summed E-state index contributed by atoms with van der Waals surface area (Å²) in [7, 11) is 0. The molecule has 1 amide bonds. The SMILES string of the molecule is O=C(CCC1C(=O)NC=CC1=S)OC(c1ccccc1)c1ccccc1. The number of ether oxygens (including phenoxy) is 1. The Bertz CT molecular complexity index is 778. The number of nitrogens with one attached hydrogen (secondary N) is 1. The third kappa shape index (κ3) is 4.43. The lowest BCUT2D eigenvalue weighted by atomic mass is 9.96. The fraction of sp³-hybridized carbons (Fsp3) is 0.190. The number of hydrogen-bond donors (Lipinski definition) is 1. The third-order valence-electron chi connectivity index (χ3n) is 4.22. The first-order valence-corrected chi connectivity index (χ1v) is 8.86. The largest absolute Gasteiger partial charge is 0.453 e. The molecule has 0 spiro atoms. The predicted molar refractivity (Wildman–Crippen MR) is 103 cm³/mol. The number of rotatable bonds is 6. The summed E-state index contributed by atoms with van der Waals surface area (Å²) in [5.41, 5.74) is 1.81. The summed E-state index contributed by atoms with van der Waals surface area (Å²) >= 11 is 5.20. The van der Waals surface area contributed by atoms with Crippen molar-refractivity contribution in [2.24, 2.45) is 5.92 Å². The Hall–Kier alpha value is -2.79. The fourth-order valence-corrected chi connectivity index (χ4v) is 3.15. The Morgan fingerprint density at radius 1 is 1.04 bits per heavy atom. The van der Waals surface area contributed by atoms with E-state index in [2.05, 4.69) is 5.32 Å². The summed E-state index contributed by atoms with van der Waals surface area (Å²) in [5.74, 6) is -0.990. The van der Waals surface area contributed by atoms with Gasteiger partial charge in [-0.2, -0.15) is 0 Å². The van der Waals surface area contributed by atoms with Gasteiger partial charge in [0.2, 0.25) is 5.91 Å². The van der Waals surface area contributed by atoms with Gasteiger partial charge in [-0.3, -0.25) is 9.59 Å². The molecule has 26 heavy (non-hydrogen) atoms. The zero-order chi connectivity index (χ0) is 18.4. The first-order chi connectivity index (χ1) is 12.6. The van der Waals surface area contributed by atoms with Crippen LogP contribution in [0.15, 0.2) is 72.9 Å². The van der Waals surface area contributed by atoms with Crippen LogP contribution in [-0.4, -0.2) is 16.7 Å². The minimum Gasteiger partial charge on any atom is -0.453 e. The minimum atomic E-state index is -0.475. The molecular formula is C21H19NO3S. The van der Waals surface area contributed by atoms with E-state index in [4.69, 9.17) is 17.0 Å². The molecule has 1 N–H and O–H groups in total. The topological polar surface area (TPSA) is 55.4 Å². The molecule has 1 unspecified atom stereocenters. The van der Waals surface area contributed by atoms with Gasteiger partial charge in [0.25, 0.3) is 0 Å². The highest BCUT2D eigenvalue weighted by molar-refractivity contribution is 7.80. The van der Waals surface area contributed by atoms with Gasteiger partial charge in [0.1, 0.15) is 0 Å². The summed E-state index contributed by atoms with van der Waals surface area (Å²) in [4.78, 5) is 24.9. The molecule has 0 aromatic heterocycles. The van der Waals surface area contributed by atoms with Crippen molar-refractivity contribution in [1.29, 1.82) is 0 Å². The van der Waals surface area contributed by atoms with Crippen LogP contribution in [0, 0.1) is 5.92 Å². The normalized spacial score (nSPS) is 16.4. The number of carbonyl (C=O) groups is 2. The summed E-state index contributed by atoms with van der Waals surface area (Å²) in [5, 5.41) is 2.62. The van der Waals surface area contributed by atoms with Gasteiger partial charge in [0.15, 0.2) is 6.10 Å². The Balaban J connectivity index is 1.69. The maximum absolute atomic E-state index is 12.4. The molecule has 0 fully saturated rings. The molecule has 132 valence electrons. The number of benzene rings is 2. The van der Waals surface area contributed by atoms with E-state index in [0.29, 0.717) is 11.3 Å². The van der Waals surface area contributed by atoms with Crippen molar-refractivity contribution in [2.75, 3.05) is 0 Å². The zero-order valence-corrected chi connectivity index (χ0v) is 14.9. The van der Waals surface area contributed by atoms with Gasteiger partial charge in [-0.15, -0.1) is 0 Å². The van der Waals surface area contributed by atoms with E-state index in [1.165, 1.54) is 6.20 Å². The number of thiocarbonyl (C=S) groups is 1. The molecule has 0 radical (unpaired) electrons. The summed E-state index contributed by atoms with van der Waals surface area (Å²) in [6.45, 7) is 0. The second-order valence-corrected chi connectivity index (χ2v) is 6.50. The Kier molecular flexibility index (Phi) is 5.92. The van der Waals surface area contributed by atoms with Crippen molar-refractivity contribution < 1.29 is 14.3 Å². The van der Waals surface area contributed by atoms with Crippen LogP contribution in [0.1, 0.15) is 30.1 Å². The average molecular weight is 365 g/mol. The molecule has 0 bridgehead atoms. The molecule has 5 heteroatoms. The van der Waals surface area contributed by atoms with E-state index in [1.807, 2.05) is 60.7 Å². The Morgan fingerprint density at radius 3 is 2.15 bits per heavy atom. The maximum atomic E-state index is 12.4. The molecule has 3 rings (SSSR count). The highest BCUT2D eigenvalue weighted by Crippen LogP contribution is 2.27. The zero-order valence-electron chi connectivity index (χ0n) is 14.1. The molecule has 1 aliphatic heterocycles. The summed E-state index contributed by atoms with van der Waals surface area (Å²) < 4.78 is 5.75. The molecular weight excluding hydrogens is 346 g/mol. The minimum absolute atomic E-state index is 0.127. The van der Waals surface area contributed by atoms with Gasteiger partial charge < -0.3 is 10.1 Å².